The molecule has 0 aromatic heterocycles. The first-order valence-corrected chi connectivity index (χ1v) is 12.4. The van der Waals surface area contributed by atoms with Crippen molar-refractivity contribution in [3.63, 3.8) is 0 Å². The Hall–Kier alpha value is -3.36. The summed E-state index contributed by atoms with van der Waals surface area (Å²) in [5.41, 5.74) is 3.36. The molecule has 7 nitrogen and oxygen atoms in total. The summed E-state index contributed by atoms with van der Waals surface area (Å²) in [6.45, 7) is 3.99. The summed E-state index contributed by atoms with van der Waals surface area (Å²) in [6.07, 6.45) is 0. The topological polar surface area (TPSA) is 87.7 Å². The predicted molar refractivity (Wildman–Crippen MR) is 135 cm³/mol. The molecule has 2 N–H and O–H groups in total. The Morgan fingerprint density at radius 2 is 1.62 bits per heavy atom. The van der Waals surface area contributed by atoms with Gasteiger partial charge < -0.3 is 15.0 Å². The van der Waals surface area contributed by atoms with Crippen molar-refractivity contribution >= 4 is 21.6 Å². The van der Waals surface area contributed by atoms with Gasteiger partial charge in [0.15, 0.2) is 0 Å². The number of sulfonamides is 1. The lowest BCUT2D eigenvalue weighted by atomic mass is 10.1. The lowest BCUT2D eigenvalue weighted by Crippen LogP contribution is -2.34. The molecular formula is C26H31N3O4S. The highest BCUT2D eigenvalue weighted by Crippen LogP contribution is 2.23. The standard InChI is InChI=1S/C26H31N3O4S/c1-18-6-12-22(13-7-18)28-34(31,32)25-16-21(9-8-19(25)2)26(30)27-17-24(29(3)4)20-10-14-23(33-5)15-11-20/h6-16,24,28H,17H2,1-5H3,(H,27,30)/t24-/m1/s1. The maximum absolute atomic E-state index is 13.0. The summed E-state index contributed by atoms with van der Waals surface area (Å²) in [7, 11) is 1.64. The average Bonchev–Trinajstić information content (AvgIpc) is 2.80. The summed E-state index contributed by atoms with van der Waals surface area (Å²) in [4.78, 5) is 15.0. The Bertz CT molecular complexity index is 1240. The number of carbonyl (C=O) groups is 1. The van der Waals surface area contributed by atoms with Gasteiger partial charge in [-0.25, -0.2) is 8.42 Å². The molecule has 3 aromatic carbocycles. The van der Waals surface area contributed by atoms with Gasteiger partial charge in [0.2, 0.25) is 0 Å². The highest BCUT2D eigenvalue weighted by Gasteiger charge is 2.21. The fourth-order valence-corrected chi connectivity index (χ4v) is 4.91. The van der Waals surface area contributed by atoms with Crippen LogP contribution in [-0.4, -0.2) is 47.0 Å². The fourth-order valence-electron chi connectivity index (χ4n) is 3.58. The van der Waals surface area contributed by atoms with Crippen LogP contribution in [0.3, 0.4) is 0 Å². The van der Waals surface area contributed by atoms with Gasteiger partial charge in [0.1, 0.15) is 5.75 Å². The lowest BCUT2D eigenvalue weighted by Gasteiger charge is -2.25. The number of nitrogens with one attached hydrogen (secondary N) is 2. The summed E-state index contributed by atoms with van der Waals surface area (Å²) in [6, 6.07) is 19.4. The Morgan fingerprint density at radius 3 is 2.21 bits per heavy atom. The molecular weight excluding hydrogens is 450 g/mol. The number of ether oxygens (including phenoxy) is 1. The maximum Gasteiger partial charge on any atom is 0.262 e. The second-order valence-electron chi connectivity index (χ2n) is 8.41. The molecule has 0 radical (unpaired) electrons. The molecule has 0 bridgehead atoms. The van der Waals surface area contributed by atoms with Gasteiger partial charge >= 0.3 is 0 Å². The lowest BCUT2D eigenvalue weighted by molar-refractivity contribution is 0.0941. The van der Waals surface area contributed by atoms with Crippen LogP contribution in [0.15, 0.2) is 71.6 Å². The van der Waals surface area contributed by atoms with E-state index in [0.29, 0.717) is 17.8 Å². The summed E-state index contributed by atoms with van der Waals surface area (Å²) in [5.74, 6) is 0.421. The number of nitrogens with zero attached hydrogens (tertiary/aromatic N) is 1. The molecule has 0 aliphatic heterocycles. The van der Waals surface area contributed by atoms with Gasteiger partial charge in [0.05, 0.1) is 18.0 Å². The number of hydrogen-bond acceptors (Lipinski definition) is 5. The molecule has 34 heavy (non-hydrogen) atoms. The number of rotatable bonds is 9. The molecule has 1 atom stereocenters. The van der Waals surface area contributed by atoms with Gasteiger partial charge in [-0.15, -0.1) is 0 Å². The van der Waals surface area contributed by atoms with Crippen molar-refractivity contribution in [2.75, 3.05) is 32.5 Å². The van der Waals surface area contributed by atoms with Crippen molar-refractivity contribution < 1.29 is 17.9 Å². The molecule has 8 heteroatoms. The van der Waals surface area contributed by atoms with Gasteiger partial charge in [-0.05, 0) is 75.5 Å². The average molecular weight is 482 g/mol. The van der Waals surface area contributed by atoms with Crippen LogP contribution in [0.5, 0.6) is 5.75 Å². The summed E-state index contributed by atoms with van der Waals surface area (Å²) in [5, 5.41) is 2.93. The number of likely N-dealkylation sites (N-methyl/N-ethyl adjacent to an activating group) is 1. The van der Waals surface area contributed by atoms with Crippen molar-refractivity contribution in [2.45, 2.75) is 24.8 Å². The van der Waals surface area contributed by atoms with Gasteiger partial charge in [-0.1, -0.05) is 35.9 Å². The Labute approximate surface area is 201 Å². The molecule has 0 spiro atoms. The highest BCUT2D eigenvalue weighted by molar-refractivity contribution is 7.92. The van der Waals surface area contributed by atoms with Crippen LogP contribution < -0.4 is 14.8 Å². The quantitative estimate of drug-likeness (QED) is 0.480. The molecule has 0 saturated carbocycles. The smallest absolute Gasteiger partial charge is 0.262 e. The van der Waals surface area contributed by atoms with E-state index in [1.54, 1.807) is 38.3 Å². The van der Waals surface area contributed by atoms with E-state index in [-0.39, 0.29) is 22.4 Å². The normalized spacial score (nSPS) is 12.3. The Balaban J connectivity index is 1.77. The highest BCUT2D eigenvalue weighted by atomic mass is 32.2. The minimum Gasteiger partial charge on any atom is -0.497 e. The van der Waals surface area contributed by atoms with Crippen molar-refractivity contribution in [2.24, 2.45) is 0 Å². The third-order valence-electron chi connectivity index (χ3n) is 5.62. The molecule has 0 aliphatic rings. The van der Waals surface area contributed by atoms with Crippen molar-refractivity contribution in [1.82, 2.24) is 10.2 Å². The van der Waals surface area contributed by atoms with Crippen LogP contribution >= 0.6 is 0 Å². The van der Waals surface area contributed by atoms with E-state index >= 15 is 0 Å². The van der Waals surface area contributed by atoms with Crippen molar-refractivity contribution in [3.8, 4) is 5.75 Å². The van der Waals surface area contributed by atoms with Crippen LogP contribution in [0.1, 0.15) is 33.1 Å². The zero-order chi connectivity index (χ0) is 24.9. The molecule has 0 unspecified atom stereocenters. The van der Waals surface area contributed by atoms with Crippen LogP contribution in [0.25, 0.3) is 0 Å². The van der Waals surface area contributed by atoms with Crippen LogP contribution in [0.2, 0.25) is 0 Å². The minimum absolute atomic E-state index is 0.0632. The van der Waals surface area contributed by atoms with E-state index < -0.39 is 10.0 Å². The summed E-state index contributed by atoms with van der Waals surface area (Å²) >= 11 is 0. The molecule has 0 aliphatic carbocycles. The fraction of sp³-hybridized carbons (Fsp3) is 0.269. The van der Waals surface area contributed by atoms with E-state index in [1.807, 2.05) is 62.3 Å². The third kappa shape index (κ3) is 6.15. The minimum atomic E-state index is -3.86. The van der Waals surface area contributed by atoms with Crippen LogP contribution in [0.4, 0.5) is 5.69 Å². The van der Waals surface area contributed by atoms with Gasteiger partial charge in [0, 0.05) is 17.8 Å². The van der Waals surface area contributed by atoms with Gasteiger partial charge in [-0.3, -0.25) is 9.52 Å². The molecule has 0 fully saturated rings. The molecule has 3 aromatic rings. The van der Waals surface area contributed by atoms with Gasteiger partial charge in [0.25, 0.3) is 15.9 Å². The van der Waals surface area contributed by atoms with Crippen LogP contribution in [-0.2, 0) is 10.0 Å². The molecule has 3 rings (SSSR count). The third-order valence-corrected chi connectivity index (χ3v) is 7.15. The largest absolute Gasteiger partial charge is 0.497 e. The second-order valence-corrected chi connectivity index (χ2v) is 10.1. The van der Waals surface area contributed by atoms with Crippen LogP contribution in [0, 0.1) is 13.8 Å². The zero-order valence-electron chi connectivity index (χ0n) is 20.1. The second kappa shape index (κ2) is 10.7. The monoisotopic (exact) mass is 481 g/mol. The first kappa shape index (κ1) is 25.3. The number of benzene rings is 3. The molecule has 0 heterocycles. The number of carbonyl (C=O) groups excluding carboxylic acids is 1. The van der Waals surface area contributed by atoms with E-state index in [0.717, 1.165) is 16.9 Å². The maximum atomic E-state index is 13.0. The number of aryl methyl sites for hydroxylation is 2. The number of anilines is 1. The first-order valence-electron chi connectivity index (χ1n) is 10.9. The summed E-state index contributed by atoms with van der Waals surface area (Å²) < 4.78 is 33.8. The van der Waals surface area contributed by atoms with E-state index in [4.69, 9.17) is 4.74 Å². The Kier molecular flexibility index (Phi) is 7.96. The number of amides is 1. The van der Waals surface area contributed by atoms with E-state index in [9.17, 15) is 13.2 Å². The number of hydrogen-bond donors (Lipinski definition) is 2. The van der Waals surface area contributed by atoms with Gasteiger partial charge in [-0.2, -0.15) is 0 Å². The van der Waals surface area contributed by atoms with Crippen molar-refractivity contribution in [1.29, 1.82) is 0 Å². The molecule has 1 amide bonds. The first-order chi connectivity index (χ1) is 16.1. The Morgan fingerprint density at radius 1 is 0.971 bits per heavy atom. The molecule has 180 valence electrons. The molecule has 0 saturated heterocycles. The predicted octanol–water partition coefficient (Wildman–Crippen LogP) is 4.15. The van der Waals surface area contributed by atoms with Crippen molar-refractivity contribution in [3.05, 3.63) is 89.0 Å². The number of methoxy groups -OCH3 is 1. The van der Waals surface area contributed by atoms with E-state index in [1.165, 1.54) is 6.07 Å². The zero-order valence-corrected chi connectivity index (χ0v) is 20.9. The SMILES string of the molecule is COc1ccc([C@@H](CNC(=O)c2ccc(C)c(S(=O)(=O)Nc3ccc(C)cc3)c2)N(C)C)cc1. The van der Waals surface area contributed by atoms with E-state index in [2.05, 4.69) is 10.0 Å².